The van der Waals surface area contributed by atoms with Crippen LogP contribution in [0.15, 0.2) is 29.2 Å². The van der Waals surface area contributed by atoms with Crippen LogP contribution in [0.2, 0.25) is 5.02 Å². The zero-order valence-electron chi connectivity index (χ0n) is 8.21. The summed E-state index contributed by atoms with van der Waals surface area (Å²) >= 11 is 12.9. The SMILES string of the molecule is O=C(Cl)CCCCSc1ccccc1Cl. The summed E-state index contributed by atoms with van der Waals surface area (Å²) in [4.78, 5) is 11.6. The molecule has 0 N–H and O–H groups in total. The lowest BCUT2D eigenvalue weighted by atomic mass is 10.3. The molecular formula is C11H12Cl2OS. The molecule has 0 saturated carbocycles. The van der Waals surface area contributed by atoms with Gasteiger partial charge in [-0.15, -0.1) is 11.8 Å². The van der Waals surface area contributed by atoms with Gasteiger partial charge in [0, 0.05) is 11.3 Å². The molecule has 1 aromatic carbocycles. The number of carbonyl (C=O) groups is 1. The third-order valence-electron chi connectivity index (χ3n) is 1.86. The molecule has 0 amide bonds. The second-order valence-electron chi connectivity index (χ2n) is 3.09. The van der Waals surface area contributed by atoms with Gasteiger partial charge in [-0.1, -0.05) is 23.7 Å². The molecule has 1 rings (SSSR count). The number of thioether (sulfide) groups is 1. The van der Waals surface area contributed by atoms with Crippen LogP contribution >= 0.6 is 35.0 Å². The maximum Gasteiger partial charge on any atom is 0.221 e. The number of rotatable bonds is 6. The van der Waals surface area contributed by atoms with Crippen molar-refractivity contribution in [1.82, 2.24) is 0 Å². The van der Waals surface area contributed by atoms with E-state index in [2.05, 4.69) is 0 Å². The van der Waals surface area contributed by atoms with E-state index in [-0.39, 0.29) is 5.24 Å². The Morgan fingerprint density at radius 3 is 2.67 bits per heavy atom. The van der Waals surface area contributed by atoms with E-state index < -0.39 is 0 Å². The van der Waals surface area contributed by atoms with Crippen molar-refractivity contribution in [3.8, 4) is 0 Å². The maximum absolute atomic E-state index is 10.5. The fourth-order valence-corrected chi connectivity index (χ4v) is 2.49. The highest BCUT2D eigenvalue weighted by Crippen LogP contribution is 2.27. The van der Waals surface area contributed by atoms with Crippen LogP contribution in [0, 0.1) is 0 Å². The van der Waals surface area contributed by atoms with Gasteiger partial charge >= 0.3 is 0 Å². The Kier molecular flexibility index (Phi) is 6.15. The van der Waals surface area contributed by atoms with Crippen LogP contribution in [-0.4, -0.2) is 11.0 Å². The van der Waals surface area contributed by atoms with E-state index in [1.807, 2.05) is 24.3 Å². The molecule has 0 aromatic heterocycles. The molecule has 4 heteroatoms. The van der Waals surface area contributed by atoms with E-state index >= 15 is 0 Å². The molecule has 0 fully saturated rings. The van der Waals surface area contributed by atoms with Gasteiger partial charge in [-0.3, -0.25) is 4.79 Å². The molecule has 0 unspecified atom stereocenters. The van der Waals surface area contributed by atoms with Gasteiger partial charge in [0.25, 0.3) is 0 Å². The second-order valence-corrected chi connectivity index (χ2v) is 5.06. The second kappa shape index (κ2) is 7.15. The van der Waals surface area contributed by atoms with E-state index in [0.29, 0.717) is 6.42 Å². The minimum absolute atomic E-state index is 0.252. The van der Waals surface area contributed by atoms with Crippen LogP contribution in [0.4, 0.5) is 0 Å². The van der Waals surface area contributed by atoms with E-state index in [0.717, 1.165) is 28.5 Å². The average Bonchev–Trinajstić information content (AvgIpc) is 2.20. The molecule has 1 aromatic rings. The predicted octanol–water partition coefficient (Wildman–Crippen LogP) is 4.37. The smallest absolute Gasteiger partial charge is 0.221 e. The molecule has 0 bridgehead atoms. The summed E-state index contributed by atoms with van der Waals surface area (Å²) in [5.74, 6) is 0.966. The number of hydrogen-bond acceptors (Lipinski definition) is 2. The summed E-state index contributed by atoms with van der Waals surface area (Å²) in [7, 11) is 0. The minimum Gasteiger partial charge on any atom is -0.281 e. The van der Waals surface area contributed by atoms with E-state index in [4.69, 9.17) is 23.2 Å². The predicted molar refractivity (Wildman–Crippen MR) is 66.9 cm³/mol. The molecule has 0 aliphatic heterocycles. The van der Waals surface area contributed by atoms with E-state index in [1.54, 1.807) is 11.8 Å². The fraction of sp³-hybridized carbons (Fsp3) is 0.364. The summed E-state index contributed by atoms with van der Waals surface area (Å²) in [6.45, 7) is 0. The van der Waals surface area contributed by atoms with Crippen molar-refractivity contribution in [3.05, 3.63) is 29.3 Å². The van der Waals surface area contributed by atoms with Crippen LogP contribution in [0.25, 0.3) is 0 Å². The Morgan fingerprint density at radius 1 is 1.27 bits per heavy atom. The lowest BCUT2D eigenvalue weighted by Crippen LogP contribution is -1.87. The maximum atomic E-state index is 10.5. The van der Waals surface area contributed by atoms with Crippen molar-refractivity contribution in [1.29, 1.82) is 0 Å². The number of halogens is 2. The Balaban J connectivity index is 2.21. The van der Waals surface area contributed by atoms with Crippen LogP contribution < -0.4 is 0 Å². The van der Waals surface area contributed by atoms with Gasteiger partial charge in [-0.05, 0) is 42.3 Å². The van der Waals surface area contributed by atoms with Gasteiger partial charge in [0.2, 0.25) is 5.24 Å². The third-order valence-corrected chi connectivity index (χ3v) is 3.65. The zero-order valence-corrected chi connectivity index (χ0v) is 10.5. The zero-order chi connectivity index (χ0) is 11.1. The van der Waals surface area contributed by atoms with Gasteiger partial charge in [0.05, 0.1) is 5.02 Å². The minimum atomic E-state index is -0.252. The molecule has 15 heavy (non-hydrogen) atoms. The van der Waals surface area contributed by atoms with Gasteiger partial charge < -0.3 is 0 Å². The Hall–Kier alpha value is -0.180. The normalized spacial score (nSPS) is 10.3. The van der Waals surface area contributed by atoms with Crippen molar-refractivity contribution in [3.63, 3.8) is 0 Å². The Labute approximate surface area is 104 Å². The Bertz CT molecular complexity index is 328. The highest BCUT2D eigenvalue weighted by Gasteiger charge is 2.00. The van der Waals surface area contributed by atoms with E-state index in [1.165, 1.54) is 0 Å². The standard InChI is InChI=1S/C11H12Cl2OS/c12-9-5-1-2-6-10(9)15-8-4-3-7-11(13)14/h1-2,5-6H,3-4,7-8H2. The lowest BCUT2D eigenvalue weighted by Gasteiger charge is -2.02. The first kappa shape index (κ1) is 12.9. The first-order valence-electron chi connectivity index (χ1n) is 4.76. The molecule has 0 saturated heterocycles. The number of hydrogen-bond donors (Lipinski definition) is 0. The summed E-state index contributed by atoms with van der Waals surface area (Å²) in [5.41, 5.74) is 0. The highest BCUT2D eigenvalue weighted by atomic mass is 35.5. The molecule has 0 atom stereocenters. The van der Waals surface area contributed by atoms with Crippen LogP contribution in [0.5, 0.6) is 0 Å². The van der Waals surface area contributed by atoms with Crippen LogP contribution in [0.3, 0.4) is 0 Å². The highest BCUT2D eigenvalue weighted by molar-refractivity contribution is 7.99. The quantitative estimate of drug-likeness (QED) is 0.430. The van der Waals surface area contributed by atoms with Crippen LogP contribution in [-0.2, 0) is 4.79 Å². The fourth-order valence-electron chi connectivity index (χ4n) is 1.11. The molecule has 82 valence electrons. The molecule has 0 radical (unpaired) electrons. The number of carbonyl (C=O) groups excluding carboxylic acids is 1. The Morgan fingerprint density at radius 2 is 2.00 bits per heavy atom. The van der Waals surface area contributed by atoms with Crippen molar-refractivity contribution < 1.29 is 4.79 Å². The summed E-state index contributed by atoms with van der Waals surface area (Å²) < 4.78 is 0. The third kappa shape index (κ3) is 5.45. The van der Waals surface area contributed by atoms with Gasteiger partial charge in [0.1, 0.15) is 0 Å². The topological polar surface area (TPSA) is 17.1 Å². The summed E-state index contributed by atoms with van der Waals surface area (Å²) in [5, 5.41) is 0.536. The lowest BCUT2D eigenvalue weighted by molar-refractivity contribution is -0.111. The van der Waals surface area contributed by atoms with Gasteiger partial charge in [-0.2, -0.15) is 0 Å². The van der Waals surface area contributed by atoms with Crippen LogP contribution in [0.1, 0.15) is 19.3 Å². The van der Waals surface area contributed by atoms with Crippen molar-refractivity contribution in [2.75, 3.05) is 5.75 Å². The van der Waals surface area contributed by atoms with Gasteiger partial charge in [-0.25, -0.2) is 0 Å². The van der Waals surface area contributed by atoms with Crippen molar-refractivity contribution in [2.45, 2.75) is 24.2 Å². The molecule has 0 heterocycles. The molecule has 0 spiro atoms. The average molecular weight is 263 g/mol. The first-order chi connectivity index (χ1) is 7.20. The number of benzene rings is 1. The molecule has 1 nitrogen and oxygen atoms in total. The number of unbranched alkanes of at least 4 members (excludes halogenated alkanes) is 1. The monoisotopic (exact) mass is 262 g/mol. The van der Waals surface area contributed by atoms with Crippen molar-refractivity contribution >= 4 is 40.2 Å². The van der Waals surface area contributed by atoms with Crippen molar-refractivity contribution in [2.24, 2.45) is 0 Å². The summed E-state index contributed by atoms with van der Waals surface area (Å²) in [6.07, 6.45) is 2.29. The van der Waals surface area contributed by atoms with E-state index in [9.17, 15) is 4.79 Å². The largest absolute Gasteiger partial charge is 0.281 e. The molecular weight excluding hydrogens is 251 g/mol. The molecule has 0 aliphatic rings. The van der Waals surface area contributed by atoms with Gasteiger partial charge in [0.15, 0.2) is 0 Å². The summed E-state index contributed by atoms with van der Waals surface area (Å²) in [6, 6.07) is 7.76. The first-order valence-corrected chi connectivity index (χ1v) is 6.50. The molecule has 0 aliphatic carbocycles.